The molecular weight excluding hydrogens is 302 g/mol. The minimum atomic E-state index is -3.72. The highest BCUT2D eigenvalue weighted by Gasteiger charge is 2.17. The van der Waals surface area contributed by atoms with Crippen LogP contribution in [0.4, 0.5) is 0 Å². The van der Waals surface area contributed by atoms with Gasteiger partial charge in [0, 0.05) is 13.0 Å². The number of primary amides is 1. The molecule has 8 heteroatoms. The molecule has 0 spiro atoms. The first-order valence-electron chi connectivity index (χ1n) is 5.84. The number of unbranched alkanes of at least 4 members (excludes halogenated alkanes) is 1. The predicted molar refractivity (Wildman–Crippen MR) is 74.4 cm³/mol. The number of benzene rings is 1. The van der Waals surface area contributed by atoms with Crippen LogP contribution < -0.4 is 10.5 Å². The molecule has 1 rings (SSSR count). The van der Waals surface area contributed by atoms with Crippen LogP contribution in [0.25, 0.3) is 0 Å². The number of amides is 1. The van der Waals surface area contributed by atoms with E-state index >= 15 is 0 Å². The Morgan fingerprint density at radius 3 is 2.65 bits per heavy atom. The Morgan fingerprint density at radius 1 is 1.40 bits per heavy atom. The molecule has 0 aromatic heterocycles. The molecule has 0 aliphatic rings. The van der Waals surface area contributed by atoms with E-state index in [2.05, 4.69) is 4.72 Å². The first kappa shape index (κ1) is 16.4. The summed E-state index contributed by atoms with van der Waals surface area (Å²) < 4.78 is 26.3. The van der Waals surface area contributed by atoms with Crippen LogP contribution in [0.3, 0.4) is 0 Å². The Morgan fingerprint density at radius 2 is 2.10 bits per heavy atom. The van der Waals surface area contributed by atoms with Crippen molar-refractivity contribution >= 4 is 27.5 Å². The minimum absolute atomic E-state index is 0.00585. The lowest BCUT2D eigenvalue weighted by atomic mass is 10.2. The predicted octanol–water partition coefficient (Wildman–Crippen LogP) is 1.15. The van der Waals surface area contributed by atoms with Gasteiger partial charge in [-0.3, -0.25) is 4.79 Å². The third-order valence-electron chi connectivity index (χ3n) is 2.49. The standard InChI is InChI=1S/C12H14ClN3O3S/c13-10-7-9(8-14)4-5-11(10)20(18,19)16-6-2-1-3-12(15)17/h4-5,7,16H,1-3,6H2,(H2,15,17). The third kappa shape index (κ3) is 4.81. The molecule has 3 N–H and O–H groups in total. The molecule has 0 radical (unpaired) electrons. The van der Waals surface area contributed by atoms with Gasteiger partial charge in [-0.1, -0.05) is 11.6 Å². The first-order chi connectivity index (χ1) is 9.36. The summed E-state index contributed by atoms with van der Waals surface area (Å²) in [5, 5.41) is 8.68. The number of nitrogens with two attached hydrogens (primary N) is 1. The van der Waals surface area contributed by atoms with E-state index in [0.717, 1.165) is 0 Å². The molecule has 0 atom stereocenters. The third-order valence-corrected chi connectivity index (χ3v) is 4.44. The second-order valence-electron chi connectivity index (χ2n) is 4.08. The minimum Gasteiger partial charge on any atom is -0.370 e. The lowest BCUT2D eigenvalue weighted by Crippen LogP contribution is -2.25. The van der Waals surface area contributed by atoms with E-state index < -0.39 is 15.9 Å². The van der Waals surface area contributed by atoms with E-state index in [0.29, 0.717) is 12.8 Å². The van der Waals surface area contributed by atoms with Gasteiger partial charge in [0.25, 0.3) is 0 Å². The molecule has 1 aromatic carbocycles. The lowest BCUT2D eigenvalue weighted by Gasteiger charge is -2.08. The maximum absolute atomic E-state index is 12.0. The number of carbonyl (C=O) groups is 1. The topological polar surface area (TPSA) is 113 Å². The quantitative estimate of drug-likeness (QED) is 0.734. The van der Waals surface area contributed by atoms with Gasteiger partial charge in [0.1, 0.15) is 4.90 Å². The average molecular weight is 316 g/mol. The number of nitrogens with zero attached hydrogens (tertiary/aromatic N) is 1. The molecular formula is C12H14ClN3O3S. The van der Waals surface area contributed by atoms with Crippen LogP contribution in [-0.2, 0) is 14.8 Å². The summed E-state index contributed by atoms with van der Waals surface area (Å²) in [4.78, 5) is 10.4. The van der Waals surface area contributed by atoms with E-state index in [1.54, 1.807) is 0 Å². The Bertz CT molecular complexity index is 638. The summed E-state index contributed by atoms with van der Waals surface area (Å²) in [6.07, 6.45) is 1.23. The summed E-state index contributed by atoms with van der Waals surface area (Å²) in [5.41, 5.74) is 5.26. The van der Waals surface area contributed by atoms with E-state index in [1.165, 1.54) is 18.2 Å². The second kappa shape index (κ2) is 7.24. The van der Waals surface area contributed by atoms with Gasteiger partial charge in [-0.15, -0.1) is 0 Å². The zero-order valence-corrected chi connectivity index (χ0v) is 12.2. The first-order valence-corrected chi connectivity index (χ1v) is 7.70. The van der Waals surface area contributed by atoms with Gasteiger partial charge in [0.05, 0.1) is 16.7 Å². The molecule has 1 amide bonds. The fraction of sp³-hybridized carbons (Fsp3) is 0.333. The zero-order chi connectivity index (χ0) is 15.2. The van der Waals surface area contributed by atoms with Crippen LogP contribution in [0, 0.1) is 11.3 Å². The van der Waals surface area contributed by atoms with Crippen LogP contribution in [0.5, 0.6) is 0 Å². The van der Waals surface area contributed by atoms with E-state index in [9.17, 15) is 13.2 Å². The summed E-state index contributed by atoms with van der Waals surface area (Å²) in [6.45, 7) is 0.186. The fourth-order valence-electron chi connectivity index (χ4n) is 1.50. The fourth-order valence-corrected chi connectivity index (χ4v) is 3.11. The number of carbonyl (C=O) groups excluding carboxylic acids is 1. The van der Waals surface area contributed by atoms with Crippen molar-refractivity contribution in [2.24, 2.45) is 5.73 Å². The molecule has 6 nitrogen and oxygen atoms in total. The number of halogens is 1. The van der Waals surface area contributed by atoms with Crippen LogP contribution >= 0.6 is 11.6 Å². The van der Waals surface area contributed by atoms with Crippen molar-refractivity contribution in [2.75, 3.05) is 6.54 Å². The van der Waals surface area contributed by atoms with Gasteiger partial charge in [-0.05, 0) is 31.0 Å². The Kier molecular flexibility index (Phi) is 5.95. The highest BCUT2D eigenvalue weighted by molar-refractivity contribution is 7.89. The van der Waals surface area contributed by atoms with Gasteiger partial charge < -0.3 is 5.73 Å². The number of sulfonamides is 1. The monoisotopic (exact) mass is 315 g/mol. The van der Waals surface area contributed by atoms with Crippen molar-refractivity contribution in [3.05, 3.63) is 28.8 Å². The van der Waals surface area contributed by atoms with Crippen molar-refractivity contribution in [3.63, 3.8) is 0 Å². The van der Waals surface area contributed by atoms with Crippen LogP contribution in [0.2, 0.25) is 5.02 Å². The normalized spacial score (nSPS) is 11.0. The summed E-state index contributed by atoms with van der Waals surface area (Å²) >= 11 is 5.84. The highest BCUT2D eigenvalue weighted by Crippen LogP contribution is 2.22. The van der Waals surface area contributed by atoms with Crippen LogP contribution in [0.15, 0.2) is 23.1 Å². The highest BCUT2D eigenvalue weighted by atomic mass is 35.5. The van der Waals surface area contributed by atoms with Crippen LogP contribution in [0.1, 0.15) is 24.8 Å². The Balaban J connectivity index is 2.65. The molecule has 1 aromatic rings. The molecule has 0 unspecified atom stereocenters. The lowest BCUT2D eigenvalue weighted by molar-refractivity contribution is -0.118. The largest absolute Gasteiger partial charge is 0.370 e. The van der Waals surface area contributed by atoms with Crippen molar-refractivity contribution in [1.29, 1.82) is 5.26 Å². The smallest absolute Gasteiger partial charge is 0.242 e. The van der Waals surface area contributed by atoms with E-state index in [4.69, 9.17) is 22.6 Å². The number of hydrogen-bond donors (Lipinski definition) is 2. The van der Waals surface area contributed by atoms with Gasteiger partial charge in [0.2, 0.25) is 15.9 Å². The van der Waals surface area contributed by atoms with Gasteiger partial charge >= 0.3 is 0 Å². The zero-order valence-electron chi connectivity index (χ0n) is 10.6. The number of rotatable bonds is 7. The molecule has 0 heterocycles. The van der Waals surface area contributed by atoms with Crippen molar-refractivity contribution in [2.45, 2.75) is 24.2 Å². The Labute approximate surface area is 122 Å². The average Bonchev–Trinajstić information content (AvgIpc) is 2.37. The van der Waals surface area contributed by atoms with Crippen molar-refractivity contribution in [1.82, 2.24) is 4.72 Å². The van der Waals surface area contributed by atoms with Gasteiger partial charge in [-0.25, -0.2) is 13.1 Å². The molecule has 0 saturated heterocycles. The molecule has 0 bridgehead atoms. The van der Waals surface area contributed by atoms with E-state index in [-0.39, 0.29) is 28.4 Å². The van der Waals surface area contributed by atoms with E-state index in [1.807, 2.05) is 6.07 Å². The Hall–Kier alpha value is -1.62. The number of hydrogen-bond acceptors (Lipinski definition) is 4. The molecule has 108 valence electrons. The molecule has 20 heavy (non-hydrogen) atoms. The second-order valence-corrected chi connectivity index (χ2v) is 6.22. The van der Waals surface area contributed by atoms with Gasteiger partial charge in [-0.2, -0.15) is 5.26 Å². The number of nitrogens with one attached hydrogen (secondary N) is 1. The molecule has 0 fully saturated rings. The number of nitriles is 1. The molecule has 0 aliphatic heterocycles. The summed E-state index contributed by atoms with van der Waals surface area (Å²) in [5.74, 6) is -0.414. The van der Waals surface area contributed by atoms with Crippen molar-refractivity contribution < 1.29 is 13.2 Å². The van der Waals surface area contributed by atoms with Gasteiger partial charge in [0.15, 0.2) is 0 Å². The summed E-state index contributed by atoms with van der Waals surface area (Å²) in [7, 11) is -3.72. The molecule has 0 aliphatic carbocycles. The van der Waals surface area contributed by atoms with Crippen LogP contribution in [-0.4, -0.2) is 20.9 Å². The SMILES string of the molecule is N#Cc1ccc(S(=O)(=O)NCCCCC(N)=O)c(Cl)c1. The summed E-state index contributed by atoms with van der Waals surface area (Å²) in [6, 6.07) is 5.84. The molecule has 0 saturated carbocycles. The maximum atomic E-state index is 12.0. The van der Waals surface area contributed by atoms with Crippen molar-refractivity contribution in [3.8, 4) is 6.07 Å². The maximum Gasteiger partial charge on any atom is 0.242 e.